The van der Waals surface area contributed by atoms with Crippen molar-refractivity contribution in [3.63, 3.8) is 0 Å². The molecule has 2 aromatic carbocycles. The van der Waals surface area contributed by atoms with Crippen molar-refractivity contribution < 1.29 is 9.53 Å². The smallest absolute Gasteiger partial charge is 0.410 e. The van der Waals surface area contributed by atoms with Gasteiger partial charge in [0.2, 0.25) is 0 Å². The van der Waals surface area contributed by atoms with Gasteiger partial charge in [0.15, 0.2) is 0 Å². The predicted molar refractivity (Wildman–Crippen MR) is 77.1 cm³/mol. The molecule has 2 rings (SSSR count). The minimum Gasteiger partial charge on any atom is -0.445 e. The number of carbonyl (C=O) groups excluding carboxylic acids is 1. The van der Waals surface area contributed by atoms with Crippen molar-refractivity contribution in [1.82, 2.24) is 4.90 Å². The molecule has 0 aliphatic rings. The van der Waals surface area contributed by atoms with Crippen LogP contribution in [-0.4, -0.2) is 24.1 Å². The largest absolute Gasteiger partial charge is 0.445 e. The van der Waals surface area contributed by atoms with Gasteiger partial charge in [-0.05, 0) is 36.2 Å². The molecule has 2 aromatic rings. The fourth-order valence-corrected chi connectivity index (χ4v) is 2.05. The molecule has 1 amide bonds. The number of fused-ring (bicyclic) bond motifs is 1. The maximum atomic E-state index is 11.7. The van der Waals surface area contributed by atoms with Crippen LogP contribution in [0.3, 0.4) is 0 Å². The van der Waals surface area contributed by atoms with E-state index < -0.39 is 0 Å². The molecule has 0 saturated carbocycles. The highest BCUT2D eigenvalue weighted by atomic mass is 16.6. The van der Waals surface area contributed by atoms with Crippen LogP contribution in [0.4, 0.5) is 4.79 Å². The minimum absolute atomic E-state index is 0.252. The van der Waals surface area contributed by atoms with Crippen LogP contribution in [-0.2, 0) is 11.3 Å². The van der Waals surface area contributed by atoms with E-state index in [9.17, 15) is 4.79 Å². The number of nitrogens with zero attached hydrogens (tertiary/aromatic N) is 1. The van der Waals surface area contributed by atoms with Gasteiger partial charge in [-0.25, -0.2) is 4.79 Å². The van der Waals surface area contributed by atoms with Crippen molar-refractivity contribution in [2.75, 3.05) is 13.1 Å². The molecule has 0 heterocycles. The van der Waals surface area contributed by atoms with E-state index in [4.69, 9.17) is 4.74 Å². The Kier molecular flexibility index (Phi) is 4.39. The Labute approximate surface area is 113 Å². The van der Waals surface area contributed by atoms with Gasteiger partial charge in [-0.2, -0.15) is 0 Å². The van der Waals surface area contributed by atoms with Crippen LogP contribution in [0.5, 0.6) is 0 Å². The maximum absolute atomic E-state index is 11.7. The van der Waals surface area contributed by atoms with Crippen molar-refractivity contribution in [3.05, 3.63) is 48.0 Å². The van der Waals surface area contributed by atoms with Gasteiger partial charge >= 0.3 is 6.09 Å². The Balaban J connectivity index is 2.03. The Morgan fingerprint density at radius 3 is 2.42 bits per heavy atom. The van der Waals surface area contributed by atoms with Gasteiger partial charge < -0.3 is 9.64 Å². The second-order valence-electron chi connectivity index (χ2n) is 4.41. The molecule has 0 aromatic heterocycles. The Morgan fingerprint density at radius 1 is 1.05 bits per heavy atom. The van der Waals surface area contributed by atoms with Crippen molar-refractivity contribution in [1.29, 1.82) is 0 Å². The van der Waals surface area contributed by atoms with Crippen molar-refractivity contribution in [2.24, 2.45) is 0 Å². The van der Waals surface area contributed by atoms with E-state index in [0.717, 1.165) is 5.56 Å². The molecule has 0 radical (unpaired) electrons. The van der Waals surface area contributed by atoms with Gasteiger partial charge in [-0.3, -0.25) is 0 Å². The molecular weight excluding hydrogens is 238 g/mol. The summed E-state index contributed by atoms with van der Waals surface area (Å²) in [5, 5.41) is 2.36. The average molecular weight is 257 g/mol. The standard InChI is InChI=1S/C16H19NO2/c1-3-17(4-2)16(18)19-12-13-9-10-14-7-5-6-8-15(14)11-13/h5-11H,3-4,12H2,1-2H3. The zero-order valence-corrected chi connectivity index (χ0v) is 11.4. The molecule has 0 N–H and O–H groups in total. The molecule has 0 atom stereocenters. The molecule has 0 aliphatic heterocycles. The minimum atomic E-state index is -0.252. The number of carbonyl (C=O) groups is 1. The second kappa shape index (κ2) is 6.23. The first-order valence-corrected chi connectivity index (χ1v) is 6.64. The summed E-state index contributed by atoms with van der Waals surface area (Å²) in [6.07, 6.45) is -0.252. The number of hydrogen-bond donors (Lipinski definition) is 0. The maximum Gasteiger partial charge on any atom is 0.410 e. The Hall–Kier alpha value is -2.03. The van der Waals surface area contributed by atoms with Crippen LogP contribution in [0.15, 0.2) is 42.5 Å². The van der Waals surface area contributed by atoms with E-state index in [2.05, 4.69) is 24.3 Å². The van der Waals surface area contributed by atoms with Gasteiger partial charge in [-0.1, -0.05) is 36.4 Å². The molecule has 3 nitrogen and oxygen atoms in total. The average Bonchev–Trinajstić information content (AvgIpc) is 2.46. The summed E-state index contributed by atoms with van der Waals surface area (Å²) in [6, 6.07) is 14.3. The molecule has 0 saturated heterocycles. The van der Waals surface area contributed by atoms with Gasteiger partial charge in [0.1, 0.15) is 6.61 Å². The summed E-state index contributed by atoms with van der Waals surface area (Å²) in [6.45, 7) is 5.56. The van der Waals surface area contributed by atoms with Crippen LogP contribution >= 0.6 is 0 Å². The number of hydrogen-bond acceptors (Lipinski definition) is 2. The highest BCUT2D eigenvalue weighted by Crippen LogP contribution is 2.16. The van der Waals surface area contributed by atoms with Gasteiger partial charge in [0.25, 0.3) is 0 Å². The molecule has 0 fully saturated rings. The van der Waals surface area contributed by atoms with E-state index in [1.54, 1.807) is 4.90 Å². The lowest BCUT2D eigenvalue weighted by Gasteiger charge is -2.18. The first-order chi connectivity index (χ1) is 9.24. The summed E-state index contributed by atoms with van der Waals surface area (Å²) < 4.78 is 5.31. The topological polar surface area (TPSA) is 29.5 Å². The number of ether oxygens (including phenoxy) is 1. The summed E-state index contributed by atoms with van der Waals surface area (Å²) in [7, 11) is 0. The zero-order chi connectivity index (χ0) is 13.7. The van der Waals surface area contributed by atoms with Crippen molar-refractivity contribution in [2.45, 2.75) is 20.5 Å². The molecule has 0 spiro atoms. The van der Waals surface area contributed by atoms with E-state index in [1.165, 1.54) is 10.8 Å². The molecule has 0 unspecified atom stereocenters. The Morgan fingerprint density at radius 2 is 1.74 bits per heavy atom. The third kappa shape index (κ3) is 3.25. The molecule has 0 bridgehead atoms. The first kappa shape index (κ1) is 13.4. The van der Waals surface area contributed by atoms with Crippen LogP contribution in [0.2, 0.25) is 0 Å². The molecular formula is C16H19NO2. The molecule has 3 heteroatoms. The van der Waals surface area contributed by atoms with E-state index in [0.29, 0.717) is 19.7 Å². The summed E-state index contributed by atoms with van der Waals surface area (Å²) in [5.74, 6) is 0. The van der Waals surface area contributed by atoms with Crippen molar-refractivity contribution in [3.8, 4) is 0 Å². The fraction of sp³-hybridized carbons (Fsp3) is 0.312. The SMILES string of the molecule is CCN(CC)C(=O)OCc1ccc2ccccc2c1. The quantitative estimate of drug-likeness (QED) is 0.833. The third-order valence-corrected chi connectivity index (χ3v) is 3.20. The zero-order valence-electron chi connectivity index (χ0n) is 11.4. The lowest BCUT2D eigenvalue weighted by molar-refractivity contribution is 0.0999. The number of rotatable bonds is 4. The van der Waals surface area contributed by atoms with Crippen LogP contribution < -0.4 is 0 Å². The first-order valence-electron chi connectivity index (χ1n) is 6.64. The van der Waals surface area contributed by atoms with E-state index >= 15 is 0 Å². The normalized spacial score (nSPS) is 10.4. The van der Waals surface area contributed by atoms with Gasteiger partial charge in [-0.15, -0.1) is 0 Å². The van der Waals surface area contributed by atoms with Gasteiger partial charge in [0.05, 0.1) is 0 Å². The summed E-state index contributed by atoms with van der Waals surface area (Å²) >= 11 is 0. The molecule has 0 aliphatic carbocycles. The number of amides is 1. The summed E-state index contributed by atoms with van der Waals surface area (Å²) in [4.78, 5) is 13.4. The highest BCUT2D eigenvalue weighted by molar-refractivity contribution is 5.83. The van der Waals surface area contributed by atoms with Gasteiger partial charge in [0, 0.05) is 13.1 Å². The van der Waals surface area contributed by atoms with Crippen LogP contribution in [0.25, 0.3) is 10.8 Å². The third-order valence-electron chi connectivity index (χ3n) is 3.20. The molecule has 100 valence electrons. The summed E-state index contributed by atoms with van der Waals surface area (Å²) in [5.41, 5.74) is 1.01. The Bertz CT molecular complexity index is 561. The van der Waals surface area contributed by atoms with E-state index in [-0.39, 0.29) is 6.09 Å². The van der Waals surface area contributed by atoms with Crippen molar-refractivity contribution >= 4 is 16.9 Å². The lowest BCUT2D eigenvalue weighted by Crippen LogP contribution is -2.30. The van der Waals surface area contributed by atoms with Crippen LogP contribution in [0.1, 0.15) is 19.4 Å². The predicted octanol–water partition coefficient (Wildman–Crippen LogP) is 3.82. The molecule has 19 heavy (non-hydrogen) atoms. The fourth-order valence-electron chi connectivity index (χ4n) is 2.05. The van der Waals surface area contributed by atoms with E-state index in [1.807, 2.05) is 32.0 Å². The monoisotopic (exact) mass is 257 g/mol. The lowest BCUT2D eigenvalue weighted by atomic mass is 10.1. The number of benzene rings is 2. The van der Waals surface area contributed by atoms with Crippen LogP contribution in [0, 0.1) is 0 Å². The highest BCUT2D eigenvalue weighted by Gasteiger charge is 2.10. The second-order valence-corrected chi connectivity index (χ2v) is 4.41.